The van der Waals surface area contributed by atoms with Gasteiger partial charge in [0.15, 0.2) is 0 Å². The van der Waals surface area contributed by atoms with E-state index in [1.165, 1.54) is 12.8 Å². The van der Waals surface area contributed by atoms with Gasteiger partial charge in [0.2, 0.25) is 0 Å². The van der Waals surface area contributed by atoms with Crippen molar-refractivity contribution in [3.63, 3.8) is 0 Å². The molecular formula is C16H20FN3. The Hall–Kier alpha value is -1.68. The first-order chi connectivity index (χ1) is 9.78. The molecule has 3 rings (SSSR count). The van der Waals surface area contributed by atoms with Crippen LogP contribution in [0.2, 0.25) is 0 Å². The summed E-state index contributed by atoms with van der Waals surface area (Å²) in [6.07, 6.45) is 5.21. The number of nitrogens with zero attached hydrogens (tertiary/aromatic N) is 2. The van der Waals surface area contributed by atoms with Crippen LogP contribution in [0.1, 0.15) is 31.7 Å². The van der Waals surface area contributed by atoms with E-state index in [0.29, 0.717) is 11.6 Å². The van der Waals surface area contributed by atoms with Gasteiger partial charge in [-0.1, -0.05) is 13.0 Å². The molecule has 0 spiro atoms. The summed E-state index contributed by atoms with van der Waals surface area (Å²) in [5.41, 5.74) is 2.48. The lowest BCUT2D eigenvalue weighted by molar-refractivity contribution is 0.596. The minimum atomic E-state index is -0.169. The van der Waals surface area contributed by atoms with Crippen molar-refractivity contribution in [1.82, 2.24) is 15.1 Å². The quantitative estimate of drug-likeness (QED) is 0.874. The number of hydrogen-bond acceptors (Lipinski definition) is 2. The van der Waals surface area contributed by atoms with Gasteiger partial charge < -0.3 is 5.32 Å². The van der Waals surface area contributed by atoms with E-state index in [2.05, 4.69) is 17.3 Å². The molecule has 1 N–H and O–H groups in total. The minimum Gasteiger partial charge on any atom is -0.310 e. The third-order valence-electron chi connectivity index (χ3n) is 3.63. The van der Waals surface area contributed by atoms with E-state index in [1.807, 2.05) is 22.9 Å². The van der Waals surface area contributed by atoms with Crippen LogP contribution in [0.3, 0.4) is 0 Å². The van der Waals surface area contributed by atoms with Gasteiger partial charge in [0.25, 0.3) is 0 Å². The van der Waals surface area contributed by atoms with E-state index < -0.39 is 0 Å². The van der Waals surface area contributed by atoms with E-state index in [0.717, 1.165) is 30.8 Å². The molecule has 0 amide bonds. The van der Waals surface area contributed by atoms with Crippen LogP contribution in [0.25, 0.3) is 11.3 Å². The van der Waals surface area contributed by atoms with Gasteiger partial charge >= 0.3 is 0 Å². The Labute approximate surface area is 118 Å². The maximum atomic E-state index is 14.3. The van der Waals surface area contributed by atoms with Crippen LogP contribution in [-0.2, 0) is 13.1 Å². The van der Waals surface area contributed by atoms with Gasteiger partial charge in [-0.05, 0) is 43.0 Å². The summed E-state index contributed by atoms with van der Waals surface area (Å²) < 4.78 is 16.2. The highest BCUT2D eigenvalue weighted by atomic mass is 19.1. The lowest BCUT2D eigenvalue weighted by Crippen LogP contribution is -2.15. The van der Waals surface area contributed by atoms with Gasteiger partial charge in [-0.3, -0.25) is 4.68 Å². The Morgan fingerprint density at radius 1 is 1.35 bits per heavy atom. The number of hydrogen-bond donors (Lipinski definition) is 1. The number of rotatable bonds is 6. The molecular weight excluding hydrogens is 253 g/mol. The van der Waals surface area contributed by atoms with Crippen LogP contribution in [0.5, 0.6) is 0 Å². The average molecular weight is 273 g/mol. The molecule has 106 valence electrons. The van der Waals surface area contributed by atoms with Crippen molar-refractivity contribution in [2.75, 3.05) is 0 Å². The lowest BCUT2D eigenvalue weighted by atomic mass is 10.1. The number of aryl methyl sites for hydroxylation is 1. The standard InChI is InChI=1S/C16H20FN3/c1-2-9-20-16(7-8-19-20)14-6-3-12(10-15(14)17)11-18-13-4-5-13/h3,6-8,10,13,18H,2,4-5,9,11H2,1H3. The largest absolute Gasteiger partial charge is 0.310 e. The van der Waals surface area contributed by atoms with Gasteiger partial charge in [0.1, 0.15) is 5.82 Å². The summed E-state index contributed by atoms with van der Waals surface area (Å²) in [4.78, 5) is 0. The van der Waals surface area contributed by atoms with Crippen molar-refractivity contribution in [3.05, 3.63) is 41.8 Å². The Kier molecular flexibility index (Phi) is 3.83. The van der Waals surface area contributed by atoms with E-state index in [9.17, 15) is 4.39 Å². The molecule has 1 aromatic heterocycles. The molecule has 1 heterocycles. The summed E-state index contributed by atoms with van der Waals surface area (Å²) >= 11 is 0. The predicted molar refractivity (Wildman–Crippen MR) is 77.8 cm³/mol. The molecule has 2 aromatic rings. The molecule has 1 aliphatic carbocycles. The third kappa shape index (κ3) is 2.90. The molecule has 1 aromatic carbocycles. The molecule has 20 heavy (non-hydrogen) atoms. The van der Waals surface area contributed by atoms with E-state index in [-0.39, 0.29) is 5.82 Å². The number of nitrogens with one attached hydrogen (secondary N) is 1. The third-order valence-corrected chi connectivity index (χ3v) is 3.63. The summed E-state index contributed by atoms with van der Waals surface area (Å²) in [6.45, 7) is 3.65. The normalized spacial score (nSPS) is 14.7. The van der Waals surface area contributed by atoms with Gasteiger partial charge in [-0.2, -0.15) is 5.10 Å². The molecule has 0 saturated heterocycles. The molecule has 3 nitrogen and oxygen atoms in total. The van der Waals surface area contributed by atoms with Crippen LogP contribution >= 0.6 is 0 Å². The summed E-state index contributed by atoms with van der Waals surface area (Å²) in [6, 6.07) is 8.01. The summed E-state index contributed by atoms with van der Waals surface area (Å²) in [5, 5.41) is 7.65. The highest BCUT2D eigenvalue weighted by Crippen LogP contribution is 2.24. The first kappa shape index (κ1) is 13.3. The van der Waals surface area contributed by atoms with E-state index in [4.69, 9.17) is 0 Å². The fourth-order valence-corrected chi connectivity index (χ4v) is 2.38. The number of benzene rings is 1. The second-order valence-corrected chi connectivity index (χ2v) is 5.41. The summed E-state index contributed by atoms with van der Waals surface area (Å²) in [5.74, 6) is -0.169. The Balaban J connectivity index is 1.80. The maximum absolute atomic E-state index is 14.3. The molecule has 0 radical (unpaired) electrons. The molecule has 0 unspecified atom stereocenters. The average Bonchev–Trinajstić information content (AvgIpc) is 3.17. The zero-order valence-electron chi connectivity index (χ0n) is 11.8. The Morgan fingerprint density at radius 3 is 2.90 bits per heavy atom. The molecule has 1 saturated carbocycles. The van der Waals surface area contributed by atoms with Crippen molar-refractivity contribution in [2.45, 2.75) is 45.3 Å². The fourth-order valence-electron chi connectivity index (χ4n) is 2.38. The van der Waals surface area contributed by atoms with Crippen LogP contribution in [0.15, 0.2) is 30.5 Å². The molecule has 0 atom stereocenters. The van der Waals surface area contributed by atoms with E-state index >= 15 is 0 Å². The number of aromatic nitrogens is 2. The number of halogens is 1. The second kappa shape index (κ2) is 5.75. The van der Waals surface area contributed by atoms with Crippen LogP contribution in [0.4, 0.5) is 4.39 Å². The van der Waals surface area contributed by atoms with Crippen LogP contribution in [-0.4, -0.2) is 15.8 Å². The highest BCUT2D eigenvalue weighted by Gasteiger charge is 2.20. The second-order valence-electron chi connectivity index (χ2n) is 5.41. The lowest BCUT2D eigenvalue weighted by Gasteiger charge is -2.09. The van der Waals surface area contributed by atoms with Gasteiger partial charge in [-0.25, -0.2) is 4.39 Å². The van der Waals surface area contributed by atoms with Crippen LogP contribution in [0, 0.1) is 5.82 Å². The van der Waals surface area contributed by atoms with Crippen molar-refractivity contribution >= 4 is 0 Å². The van der Waals surface area contributed by atoms with Crippen molar-refractivity contribution < 1.29 is 4.39 Å². The van der Waals surface area contributed by atoms with E-state index in [1.54, 1.807) is 12.3 Å². The maximum Gasteiger partial charge on any atom is 0.132 e. The highest BCUT2D eigenvalue weighted by molar-refractivity contribution is 5.60. The van der Waals surface area contributed by atoms with Crippen molar-refractivity contribution in [2.24, 2.45) is 0 Å². The Morgan fingerprint density at radius 2 is 2.20 bits per heavy atom. The zero-order valence-corrected chi connectivity index (χ0v) is 11.8. The summed E-state index contributed by atoms with van der Waals surface area (Å²) in [7, 11) is 0. The van der Waals surface area contributed by atoms with Gasteiger partial charge in [0, 0.05) is 30.9 Å². The zero-order chi connectivity index (χ0) is 13.9. The topological polar surface area (TPSA) is 29.9 Å². The fraction of sp³-hybridized carbons (Fsp3) is 0.438. The monoisotopic (exact) mass is 273 g/mol. The Bertz CT molecular complexity index is 587. The molecule has 1 aliphatic rings. The smallest absolute Gasteiger partial charge is 0.132 e. The molecule has 0 aliphatic heterocycles. The SMILES string of the molecule is CCCn1nccc1-c1ccc(CNC2CC2)cc1F. The first-order valence-electron chi connectivity index (χ1n) is 7.32. The van der Waals surface area contributed by atoms with Crippen molar-refractivity contribution in [3.8, 4) is 11.3 Å². The van der Waals surface area contributed by atoms with Crippen LogP contribution < -0.4 is 5.32 Å². The van der Waals surface area contributed by atoms with Gasteiger partial charge in [-0.15, -0.1) is 0 Å². The van der Waals surface area contributed by atoms with Gasteiger partial charge in [0.05, 0.1) is 5.69 Å². The van der Waals surface area contributed by atoms with Crippen molar-refractivity contribution in [1.29, 1.82) is 0 Å². The molecule has 4 heteroatoms. The first-order valence-corrected chi connectivity index (χ1v) is 7.32. The minimum absolute atomic E-state index is 0.169. The molecule has 0 bridgehead atoms. The predicted octanol–water partition coefficient (Wildman–Crippen LogP) is 3.35. The molecule has 1 fully saturated rings.